The van der Waals surface area contributed by atoms with Crippen LogP contribution in [0.1, 0.15) is 21.5 Å². The average molecular weight is 341 g/mol. The van der Waals surface area contributed by atoms with E-state index in [9.17, 15) is 13.2 Å². The van der Waals surface area contributed by atoms with E-state index in [1.165, 1.54) is 31.4 Å². The first kappa shape index (κ1) is 17.4. The fourth-order valence-corrected chi connectivity index (χ4v) is 2.93. The van der Waals surface area contributed by atoms with Crippen LogP contribution >= 0.6 is 0 Å². The van der Waals surface area contributed by atoms with Crippen LogP contribution in [0.4, 0.5) is 0 Å². The van der Waals surface area contributed by atoms with Crippen LogP contribution in [0.5, 0.6) is 5.75 Å². The van der Waals surface area contributed by atoms with Crippen molar-refractivity contribution in [1.29, 1.82) is 5.26 Å². The Kier molecular flexibility index (Phi) is 5.17. The lowest BCUT2D eigenvalue weighted by molar-refractivity contribution is 0.104. The molecule has 0 spiro atoms. The molecular weight excluding hydrogens is 326 g/mol. The molecule has 0 aliphatic carbocycles. The van der Waals surface area contributed by atoms with Crippen LogP contribution in [-0.2, 0) is 9.84 Å². The molecule has 2 aromatic rings. The Morgan fingerprint density at radius 2 is 1.96 bits per heavy atom. The molecule has 0 radical (unpaired) electrons. The second-order valence-corrected chi connectivity index (χ2v) is 7.06. The zero-order valence-electron chi connectivity index (χ0n) is 13.2. The lowest BCUT2D eigenvalue weighted by Crippen LogP contribution is -2.03. The Morgan fingerprint density at radius 1 is 1.21 bits per heavy atom. The van der Waals surface area contributed by atoms with E-state index >= 15 is 0 Å². The highest BCUT2D eigenvalue weighted by molar-refractivity contribution is 7.90. The van der Waals surface area contributed by atoms with Gasteiger partial charge < -0.3 is 4.74 Å². The minimum absolute atomic E-state index is 0.0345. The van der Waals surface area contributed by atoms with Gasteiger partial charge in [0.25, 0.3) is 0 Å². The summed E-state index contributed by atoms with van der Waals surface area (Å²) >= 11 is 0. The molecule has 0 amide bonds. The third kappa shape index (κ3) is 4.09. The van der Waals surface area contributed by atoms with Crippen LogP contribution in [0.25, 0.3) is 6.08 Å². The number of hydrogen-bond donors (Lipinski definition) is 0. The maximum Gasteiger partial charge on any atom is 0.185 e. The topological polar surface area (TPSA) is 84.2 Å². The van der Waals surface area contributed by atoms with E-state index in [0.29, 0.717) is 11.1 Å². The Labute approximate surface area is 140 Å². The van der Waals surface area contributed by atoms with E-state index in [0.717, 1.165) is 11.8 Å². The maximum absolute atomic E-state index is 12.2. The van der Waals surface area contributed by atoms with Gasteiger partial charge in [-0.05, 0) is 42.0 Å². The normalized spacial score (nSPS) is 11.2. The second kappa shape index (κ2) is 7.11. The summed E-state index contributed by atoms with van der Waals surface area (Å²) in [4.78, 5) is 12.3. The van der Waals surface area contributed by atoms with Crippen molar-refractivity contribution in [2.45, 2.75) is 4.90 Å². The third-order valence-electron chi connectivity index (χ3n) is 3.29. The molecule has 5 nitrogen and oxygen atoms in total. The highest BCUT2D eigenvalue weighted by Crippen LogP contribution is 2.25. The van der Waals surface area contributed by atoms with E-state index in [1.807, 2.05) is 6.07 Å². The second-order valence-electron chi connectivity index (χ2n) is 5.07. The number of carbonyl (C=O) groups excluding carboxylic acids is 1. The van der Waals surface area contributed by atoms with E-state index in [4.69, 9.17) is 10.00 Å². The molecule has 0 saturated carbocycles. The van der Waals surface area contributed by atoms with Gasteiger partial charge in [0, 0.05) is 11.8 Å². The van der Waals surface area contributed by atoms with Gasteiger partial charge in [0.15, 0.2) is 15.6 Å². The Balaban J connectivity index is 2.30. The van der Waals surface area contributed by atoms with Crippen molar-refractivity contribution in [3.05, 3.63) is 65.2 Å². The van der Waals surface area contributed by atoms with E-state index in [1.54, 1.807) is 30.3 Å². The molecule has 0 atom stereocenters. The van der Waals surface area contributed by atoms with Crippen molar-refractivity contribution in [2.24, 2.45) is 0 Å². The van der Waals surface area contributed by atoms with E-state index in [-0.39, 0.29) is 16.4 Å². The molecule has 2 rings (SSSR count). The summed E-state index contributed by atoms with van der Waals surface area (Å²) < 4.78 is 28.4. The first-order valence-electron chi connectivity index (χ1n) is 6.96. The third-order valence-corrected chi connectivity index (χ3v) is 4.43. The number of rotatable bonds is 5. The van der Waals surface area contributed by atoms with Crippen LogP contribution < -0.4 is 4.74 Å². The maximum atomic E-state index is 12.2. The molecule has 0 heterocycles. The largest absolute Gasteiger partial charge is 0.495 e. The number of carbonyl (C=O) groups is 1. The zero-order chi connectivity index (χ0) is 17.7. The van der Waals surface area contributed by atoms with Crippen molar-refractivity contribution < 1.29 is 17.9 Å². The number of allylic oxidation sites excluding steroid dienone is 1. The van der Waals surface area contributed by atoms with Gasteiger partial charge in [0.2, 0.25) is 0 Å². The molecule has 24 heavy (non-hydrogen) atoms. The number of nitriles is 1. The summed E-state index contributed by atoms with van der Waals surface area (Å²) in [7, 11) is -2.09. The highest BCUT2D eigenvalue weighted by Gasteiger charge is 2.16. The predicted molar refractivity (Wildman–Crippen MR) is 90.6 cm³/mol. The minimum Gasteiger partial charge on any atom is -0.495 e. The van der Waals surface area contributed by atoms with Crippen molar-refractivity contribution in [1.82, 2.24) is 0 Å². The molecule has 0 saturated heterocycles. The summed E-state index contributed by atoms with van der Waals surface area (Å²) in [6.07, 6.45) is 4.04. The number of hydrogen-bond acceptors (Lipinski definition) is 5. The number of ether oxygens (including phenoxy) is 1. The van der Waals surface area contributed by atoms with E-state index < -0.39 is 9.84 Å². The first-order valence-corrected chi connectivity index (χ1v) is 8.85. The monoisotopic (exact) mass is 341 g/mol. The minimum atomic E-state index is -3.44. The summed E-state index contributed by atoms with van der Waals surface area (Å²) in [5.41, 5.74) is 1.54. The van der Waals surface area contributed by atoms with Crippen molar-refractivity contribution in [3.8, 4) is 11.8 Å². The predicted octanol–water partition coefficient (Wildman–Crippen LogP) is 2.87. The van der Waals surface area contributed by atoms with Gasteiger partial charge in [-0.15, -0.1) is 0 Å². The number of benzene rings is 2. The fourth-order valence-electron chi connectivity index (χ4n) is 2.11. The van der Waals surface area contributed by atoms with Gasteiger partial charge in [0.1, 0.15) is 10.6 Å². The summed E-state index contributed by atoms with van der Waals surface area (Å²) in [6.45, 7) is 0. The fraction of sp³-hybridized carbons (Fsp3) is 0.111. The molecular formula is C18H15NO4S. The molecule has 0 N–H and O–H groups in total. The quantitative estimate of drug-likeness (QED) is 0.617. The molecule has 0 unspecified atom stereocenters. The lowest BCUT2D eigenvalue weighted by atomic mass is 10.1. The van der Waals surface area contributed by atoms with Crippen LogP contribution in [-0.4, -0.2) is 27.6 Å². The van der Waals surface area contributed by atoms with Gasteiger partial charge in [-0.3, -0.25) is 4.79 Å². The zero-order valence-corrected chi connectivity index (χ0v) is 14.0. The number of sulfone groups is 1. The summed E-state index contributed by atoms with van der Waals surface area (Å²) in [6, 6.07) is 13.1. The molecule has 122 valence electrons. The average Bonchev–Trinajstić information content (AvgIpc) is 2.58. The molecule has 0 fully saturated rings. The van der Waals surface area contributed by atoms with Crippen LogP contribution in [0.3, 0.4) is 0 Å². The van der Waals surface area contributed by atoms with Crippen molar-refractivity contribution in [2.75, 3.05) is 13.4 Å². The van der Waals surface area contributed by atoms with Gasteiger partial charge in [0.05, 0.1) is 18.7 Å². The molecule has 0 aliphatic heterocycles. The van der Waals surface area contributed by atoms with Gasteiger partial charge in [-0.25, -0.2) is 8.42 Å². The molecule has 6 heteroatoms. The molecule has 0 bridgehead atoms. The Bertz CT molecular complexity index is 953. The van der Waals surface area contributed by atoms with Gasteiger partial charge >= 0.3 is 0 Å². The molecule has 2 aromatic carbocycles. The number of methoxy groups -OCH3 is 1. The van der Waals surface area contributed by atoms with Gasteiger partial charge in [-0.1, -0.05) is 18.2 Å². The summed E-state index contributed by atoms with van der Waals surface area (Å²) in [5, 5.41) is 8.86. The van der Waals surface area contributed by atoms with Crippen LogP contribution in [0.2, 0.25) is 0 Å². The molecule has 0 aromatic heterocycles. The molecule has 0 aliphatic rings. The van der Waals surface area contributed by atoms with Crippen molar-refractivity contribution in [3.63, 3.8) is 0 Å². The standard InChI is InChI=1S/C18H15NO4S/c1-23-17-11-15(7-9-18(17)24(2,21)22)16(20)8-6-13-4-3-5-14(10-13)12-19/h3-11H,1-2H3. The first-order chi connectivity index (χ1) is 11.3. The SMILES string of the molecule is COc1cc(C(=O)C=Cc2cccc(C#N)c2)ccc1S(C)(=O)=O. The van der Waals surface area contributed by atoms with Crippen LogP contribution in [0.15, 0.2) is 53.4 Å². The van der Waals surface area contributed by atoms with Crippen LogP contribution in [0, 0.1) is 11.3 Å². The lowest BCUT2D eigenvalue weighted by Gasteiger charge is -2.08. The highest BCUT2D eigenvalue weighted by atomic mass is 32.2. The Morgan fingerprint density at radius 3 is 2.58 bits per heavy atom. The smallest absolute Gasteiger partial charge is 0.185 e. The number of nitrogens with zero attached hydrogens (tertiary/aromatic N) is 1. The van der Waals surface area contributed by atoms with Gasteiger partial charge in [-0.2, -0.15) is 5.26 Å². The van der Waals surface area contributed by atoms with Crippen molar-refractivity contribution >= 4 is 21.7 Å². The summed E-state index contributed by atoms with van der Waals surface area (Å²) in [5.74, 6) is -0.168. The Hall–Kier alpha value is -2.91. The number of ketones is 1. The van der Waals surface area contributed by atoms with E-state index in [2.05, 4.69) is 0 Å².